The Balaban J connectivity index is 1.75. The fraction of sp³-hybridized carbons (Fsp3) is 0.280. The summed E-state index contributed by atoms with van der Waals surface area (Å²) in [6.45, 7) is 3.04. The minimum atomic E-state index is 0.246. The van der Waals surface area contributed by atoms with Crippen LogP contribution in [-0.4, -0.2) is 6.61 Å². The summed E-state index contributed by atoms with van der Waals surface area (Å²) >= 11 is 0. The molecule has 0 atom stereocenters. The molecule has 3 aromatic carbocycles. The van der Waals surface area contributed by atoms with Crippen molar-refractivity contribution in [3.8, 4) is 5.75 Å². The SMILES string of the molecule is CCCCCCOc1ccc(C(c2ccccc2)c2ccccc2)cc1. The molecule has 1 heteroatoms. The quantitative estimate of drug-likeness (QED) is 0.305. The molecule has 0 amide bonds. The molecule has 0 N–H and O–H groups in total. The molecule has 1 nitrogen and oxygen atoms in total. The van der Waals surface area contributed by atoms with E-state index in [1.807, 2.05) is 0 Å². The summed E-state index contributed by atoms with van der Waals surface area (Å²) in [7, 11) is 0. The highest BCUT2D eigenvalue weighted by Crippen LogP contribution is 2.32. The maximum Gasteiger partial charge on any atom is 0.119 e. The molecular weight excluding hydrogens is 316 g/mol. The molecule has 26 heavy (non-hydrogen) atoms. The Labute approximate surface area is 157 Å². The lowest BCUT2D eigenvalue weighted by Gasteiger charge is -2.19. The second-order valence-electron chi connectivity index (χ2n) is 6.73. The van der Waals surface area contributed by atoms with Crippen LogP contribution in [0.5, 0.6) is 5.75 Å². The van der Waals surface area contributed by atoms with E-state index in [0.29, 0.717) is 0 Å². The lowest BCUT2D eigenvalue weighted by atomic mass is 9.85. The standard InChI is InChI=1S/C25H28O/c1-2-3-4-11-20-26-24-18-16-23(17-19-24)25(21-12-7-5-8-13-21)22-14-9-6-10-15-22/h5-10,12-19,25H,2-4,11,20H2,1H3. The summed E-state index contributed by atoms with van der Waals surface area (Å²) in [4.78, 5) is 0. The topological polar surface area (TPSA) is 9.23 Å². The van der Waals surface area contributed by atoms with Crippen molar-refractivity contribution < 1.29 is 4.74 Å². The number of hydrogen-bond acceptors (Lipinski definition) is 1. The Morgan fingerprint density at radius 1 is 0.615 bits per heavy atom. The summed E-state index contributed by atoms with van der Waals surface area (Å²) < 4.78 is 5.90. The first-order chi connectivity index (χ1) is 12.9. The van der Waals surface area contributed by atoms with Gasteiger partial charge in [0.05, 0.1) is 6.61 Å². The van der Waals surface area contributed by atoms with Crippen molar-refractivity contribution in [1.29, 1.82) is 0 Å². The molecule has 0 unspecified atom stereocenters. The normalized spacial score (nSPS) is 10.8. The van der Waals surface area contributed by atoms with Gasteiger partial charge in [0.1, 0.15) is 5.75 Å². The fourth-order valence-electron chi connectivity index (χ4n) is 3.34. The van der Waals surface area contributed by atoms with Gasteiger partial charge in [-0.1, -0.05) is 99.0 Å². The second-order valence-corrected chi connectivity index (χ2v) is 6.73. The maximum absolute atomic E-state index is 5.90. The Kier molecular flexibility index (Phi) is 6.89. The third-order valence-corrected chi connectivity index (χ3v) is 4.75. The van der Waals surface area contributed by atoms with E-state index in [1.54, 1.807) is 0 Å². The third kappa shape index (κ3) is 4.98. The molecule has 0 bridgehead atoms. The number of rotatable bonds is 9. The summed E-state index contributed by atoms with van der Waals surface area (Å²) in [5.74, 6) is 1.21. The molecule has 0 radical (unpaired) electrons. The first kappa shape index (κ1) is 18.3. The number of unbranched alkanes of at least 4 members (excludes halogenated alkanes) is 3. The molecule has 0 fully saturated rings. The molecule has 0 aliphatic heterocycles. The van der Waals surface area contributed by atoms with Gasteiger partial charge in [-0.3, -0.25) is 0 Å². The van der Waals surface area contributed by atoms with E-state index < -0.39 is 0 Å². The van der Waals surface area contributed by atoms with E-state index in [-0.39, 0.29) is 5.92 Å². The van der Waals surface area contributed by atoms with Crippen LogP contribution >= 0.6 is 0 Å². The van der Waals surface area contributed by atoms with Gasteiger partial charge in [-0.25, -0.2) is 0 Å². The minimum absolute atomic E-state index is 0.246. The van der Waals surface area contributed by atoms with Crippen LogP contribution < -0.4 is 4.74 Å². The number of benzene rings is 3. The van der Waals surface area contributed by atoms with E-state index in [4.69, 9.17) is 4.74 Å². The summed E-state index contributed by atoms with van der Waals surface area (Å²) in [6.07, 6.45) is 4.93. The molecule has 0 aliphatic rings. The van der Waals surface area contributed by atoms with E-state index >= 15 is 0 Å². The highest BCUT2D eigenvalue weighted by Gasteiger charge is 2.16. The molecule has 0 saturated heterocycles. The molecule has 134 valence electrons. The van der Waals surface area contributed by atoms with Crippen LogP contribution in [0.1, 0.15) is 55.2 Å². The van der Waals surface area contributed by atoms with Gasteiger partial charge in [0.25, 0.3) is 0 Å². The first-order valence-corrected chi connectivity index (χ1v) is 9.71. The molecule has 0 saturated carbocycles. The van der Waals surface area contributed by atoms with Crippen molar-refractivity contribution in [2.75, 3.05) is 6.61 Å². The van der Waals surface area contributed by atoms with Crippen LogP contribution in [0.2, 0.25) is 0 Å². The predicted molar refractivity (Wildman–Crippen MR) is 110 cm³/mol. The van der Waals surface area contributed by atoms with E-state index in [9.17, 15) is 0 Å². The van der Waals surface area contributed by atoms with Crippen LogP contribution in [0.15, 0.2) is 84.9 Å². The Hall–Kier alpha value is -2.54. The van der Waals surface area contributed by atoms with Gasteiger partial charge in [-0.15, -0.1) is 0 Å². The fourth-order valence-corrected chi connectivity index (χ4v) is 3.34. The highest BCUT2D eigenvalue weighted by molar-refractivity contribution is 5.44. The number of hydrogen-bond donors (Lipinski definition) is 0. The smallest absolute Gasteiger partial charge is 0.119 e. The summed E-state index contributed by atoms with van der Waals surface area (Å²) in [5.41, 5.74) is 3.92. The molecule has 0 aromatic heterocycles. The highest BCUT2D eigenvalue weighted by atomic mass is 16.5. The van der Waals surface area contributed by atoms with Crippen molar-refractivity contribution in [2.24, 2.45) is 0 Å². The molecule has 3 rings (SSSR count). The zero-order valence-electron chi connectivity index (χ0n) is 15.6. The second kappa shape index (κ2) is 9.82. The van der Waals surface area contributed by atoms with Crippen molar-refractivity contribution in [2.45, 2.75) is 38.5 Å². The lowest BCUT2D eigenvalue weighted by Crippen LogP contribution is -2.03. The Morgan fingerprint density at radius 3 is 1.69 bits per heavy atom. The first-order valence-electron chi connectivity index (χ1n) is 9.71. The van der Waals surface area contributed by atoms with E-state index in [1.165, 1.54) is 36.0 Å². The molecular formula is C25H28O. The van der Waals surface area contributed by atoms with Crippen molar-refractivity contribution in [3.05, 3.63) is 102 Å². The average Bonchev–Trinajstić information content (AvgIpc) is 2.71. The van der Waals surface area contributed by atoms with Crippen LogP contribution in [-0.2, 0) is 0 Å². The van der Waals surface area contributed by atoms with Gasteiger partial charge in [-0.05, 0) is 35.2 Å². The summed E-state index contributed by atoms with van der Waals surface area (Å²) in [6, 6.07) is 30.0. The Bertz CT molecular complexity index is 708. The predicted octanol–water partition coefficient (Wildman–Crippen LogP) is 6.83. The number of ether oxygens (including phenoxy) is 1. The van der Waals surface area contributed by atoms with E-state index in [0.717, 1.165) is 18.8 Å². The Morgan fingerprint density at radius 2 is 1.15 bits per heavy atom. The lowest BCUT2D eigenvalue weighted by molar-refractivity contribution is 0.305. The van der Waals surface area contributed by atoms with Crippen LogP contribution in [0.25, 0.3) is 0 Å². The van der Waals surface area contributed by atoms with Crippen LogP contribution in [0.4, 0.5) is 0 Å². The van der Waals surface area contributed by atoms with Crippen molar-refractivity contribution in [3.63, 3.8) is 0 Å². The molecule has 0 aliphatic carbocycles. The van der Waals surface area contributed by atoms with Gasteiger partial charge in [0.2, 0.25) is 0 Å². The largest absolute Gasteiger partial charge is 0.494 e. The summed E-state index contributed by atoms with van der Waals surface area (Å²) in [5, 5.41) is 0. The molecule has 3 aromatic rings. The van der Waals surface area contributed by atoms with Crippen molar-refractivity contribution >= 4 is 0 Å². The van der Waals surface area contributed by atoms with Gasteiger partial charge in [-0.2, -0.15) is 0 Å². The minimum Gasteiger partial charge on any atom is -0.494 e. The zero-order valence-corrected chi connectivity index (χ0v) is 15.6. The van der Waals surface area contributed by atoms with Gasteiger partial charge < -0.3 is 4.74 Å². The van der Waals surface area contributed by atoms with Gasteiger partial charge in [0, 0.05) is 5.92 Å². The average molecular weight is 344 g/mol. The van der Waals surface area contributed by atoms with Crippen molar-refractivity contribution in [1.82, 2.24) is 0 Å². The third-order valence-electron chi connectivity index (χ3n) is 4.75. The monoisotopic (exact) mass is 344 g/mol. The van der Waals surface area contributed by atoms with E-state index in [2.05, 4.69) is 91.9 Å². The van der Waals surface area contributed by atoms with Crippen LogP contribution in [0.3, 0.4) is 0 Å². The van der Waals surface area contributed by atoms with Gasteiger partial charge in [0.15, 0.2) is 0 Å². The molecule has 0 spiro atoms. The van der Waals surface area contributed by atoms with Gasteiger partial charge >= 0.3 is 0 Å². The molecule has 0 heterocycles. The maximum atomic E-state index is 5.90. The van der Waals surface area contributed by atoms with Crippen LogP contribution in [0, 0.1) is 0 Å². The zero-order chi connectivity index (χ0) is 18.0.